The summed E-state index contributed by atoms with van der Waals surface area (Å²) in [7, 11) is 0. The molecule has 0 saturated carbocycles. The predicted octanol–water partition coefficient (Wildman–Crippen LogP) is 12.0. The van der Waals surface area contributed by atoms with Crippen molar-refractivity contribution in [2.45, 2.75) is 32.4 Å². The molecule has 0 aliphatic heterocycles. The van der Waals surface area contributed by atoms with Gasteiger partial charge in [0.15, 0.2) is 0 Å². The largest absolute Gasteiger partial charge is 0.391 e. The third kappa shape index (κ3) is 11.1. The average molecular weight is 817 g/mol. The monoisotopic (exact) mass is 813 g/mol. The normalized spacial score (nSPS) is 12.0. The Morgan fingerprint density at radius 2 is 1.37 bits per heavy atom. The summed E-state index contributed by atoms with van der Waals surface area (Å²) in [5.74, 6) is 0. The molecular formula is C34H26Cl7N5O2S. The molecule has 1 unspecified atom stereocenters. The Morgan fingerprint density at radius 1 is 0.714 bits per heavy atom. The van der Waals surface area contributed by atoms with Crippen LogP contribution in [0.25, 0.3) is 0 Å². The Balaban J connectivity index is 0.000000192. The van der Waals surface area contributed by atoms with Crippen LogP contribution in [0.2, 0.25) is 34.5 Å². The number of nitrogens with zero attached hydrogens (tertiary/aromatic N) is 5. The van der Waals surface area contributed by atoms with Crippen molar-refractivity contribution in [2.75, 3.05) is 0 Å². The first-order chi connectivity index (χ1) is 23.7. The molecule has 7 nitrogen and oxygen atoms in total. The van der Waals surface area contributed by atoms with E-state index in [1.807, 2.05) is 45.1 Å². The fourth-order valence-electron chi connectivity index (χ4n) is 4.46. The molecule has 0 amide bonds. The number of benzene rings is 3. The van der Waals surface area contributed by atoms with Gasteiger partial charge in [0.2, 0.25) is 0 Å². The maximum atomic E-state index is 6.34. The van der Waals surface area contributed by atoms with Crippen molar-refractivity contribution >= 4 is 98.3 Å². The second-order valence-corrected chi connectivity index (χ2v) is 14.4. The average Bonchev–Trinajstić information content (AvgIpc) is 3.85. The van der Waals surface area contributed by atoms with Crippen LogP contribution in [0.3, 0.4) is 0 Å². The van der Waals surface area contributed by atoms with Crippen molar-refractivity contribution < 1.29 is 9.57 Å². The van der Waals surface area contributed by atoms with Crippen LogP contribution in [0, 0.1) is 0 Å². The van der Waals surface area contributed by atoms with E-state index in [0.29, 0.717) is 55.5 Å². The van der Waals surface area contributed by atoms with Crippen LogP contribution in [-0.4, -0.2) is 24.8 Å². The lowest BCUT2D eigenvalue weighted by Gasteiger charge is -2.20. The van der Waals surface area contributed by atoms with E-state index in [1.54, 1.807) is 67.5 Å². The number of rotatable bonds is 12. The summed E-state index contributed by atoms with van der Waals surface area (Å²) in [6, 6.07) is 17.8. The van der Waals surface area contributed by atoms with Gasteiger partial charge in [-0.05, 0) is 53.9 Å². The minimum absolute atomic E-state index is 0.203. The molecule has 0 bridgehead atoms. The van der Waals surface area contributed by atoms with Crippen LogP contribution in [0.15, 0.2) is 109 Å². The number of ether oxygens (including phenoxy) is 1. The number of thiophene rings is 1. The van der Waals surface area contributed by atoms with Gasteiger partial charge in [-0.25, -0.2) is 9.97 Å². The molecule has 1 atom stereocenters. The number of imidazole rings is 2. The number of aromatic nitrogens is 4. The smallest absolute Gasteiger partial charge is 0.143 e. The summed E-state index contributed by atoms with van der Waals surface area (Å²) in [6.07, 6.45) is 10.3. The fourth-order valence-corrected chi connectivity index (χ4v) is 6.87. The Bertz CT molecular complexity index is 1980. The molecule has 3 heterocycles. The molecule has 6 rings (SSSR count). The van der Waals surface area contributed by atoms with E-state index in [-0.39, 0.29) is 12.7 Å². The van der Waals surface area contributed by atoms with Gasteiger partial charge in [0.25, 0.3) is 0 Å². The highest BCUT2D eigenvalue weighted by atomic mass is 35.5. The minimum atomic E-state index is -0.232. The Labute approximate surface area is 322 Å². The molecule has 254 valence electrons. The molecule has 0 radical (unpaired) electrons. The molecule has 3 aromatic heterocycles. The maximum absolute atomic E-state index is 6.34. The van der Waals surface area contributed by atoms with Gasteiger partial charge < -0.3 is 18.7 Å². The lowest BCUT2D eigenvalue weighted by molar-refractivity contribution is 0.0282. The highest BCUT2D eigenvalue weighted by Crippen LogP contribution is 2.32. The van der Waals surface area contributed by atoms with Crippen LogP contribution in [0.5, 0.6) is 0 Å². The Kier molecular flexibility index (Phi) is 14.1. The minimum Gasteiger partial charge on any atom is -0.391 e. The van der Waals surface area contributed by atoms with Crippen molar-refractivity contribution in [3.05, 3.63) is 160 Å². The second kappa shape index (κ2) is 18.5. The van der Waals surface area contributed by atoms with Gasteiger partial charge in [0.1, 0.15) is 18.4 Å². The molecule has 0 saturated heterocycles. The lowest BCUT2D eigenvalue weighted by Crippen LogP contribution is -2.12. The summed E-state index contributed by atoms with van der Waals surface area (Å²) >= 11 is 44.3. The first kappa shape index (κ1) is 37.5. The van der Waals surface area contributed by atoms with Crippen molar-refractivity contribution in [1.82, 2.24) is 19.1 Å². The van der Waals surface area contributed by atoms with Crippen LogP contribution in [-0.2, 0) is 35.9 Å². The van der Waals surface area contributed by atoms with Gasteiger partial charge >= 0.3 is 0 Å². The van der Waals surface area contributed by atoms with E-state index in [0.717, 1.165) is 26.6 Å². The zero-order valence-corrected chi connectivity index (χ0v) is 31.4. The second-order valence-electron chi connectivity index (χ2n) is 10.4. The predicted molar refractivity (Wildman–Crippen MR) is 202 cm³/mol. The van der Waals surface area contributed by atoms with Crippen molar-refractivity contribution in [2.24, 2.45) is 5.16 Å². The number of halogens is 7. The third-order valence-electron chi connectivity index (χ3n) is 6.92. The molecular weight excluding hydrogens is 791 g/mol. The molecule has 0 spiro atoms. The molecule has 0 aliphatic carbocycles. The van der Waals surface area contributed by atoms with E-state index >= 15 is 0 Å². The molecule has 0 fully saturated rings. The van der Waals surface area contributed by atoms with E-state index in [4.69, 9.17) is 90.8 Å². The summed E-state index contributed by atoms with van der Waals surface area (Å²) in [6.45, 7) is 1.66. The topological polar surface area (TPSA) is 66.5 Å². The SMILES string of the molecule is Clc1ccc(C(Cn2ccnc2)OCc2ccsc2Cl)c(Cl)c1.Clc1ccc(CO/N=C(\Cn2ccnc2)c2ccc(Cl)cc2Cl)c(Cl)c1. The maximum Gasteiger partial charge on any atom is 0.143 e. The molecule has 49 heavy (non-hydrogen) atoms. The van der Waals surface area contributed by atoms with E-state index < -0.39 is 0 Å². The van der Waals surface area contributed by atoms with Crippen molar-refractivity contribution in [1.29, 1.82) is 0 Å². The van der Waals surface area contributed by atoms with Crippen LogP contribution in [0.4, 0.5) is 0 Å². The van der Waals surface area contributed by atoms with E-state index in [2.05, 4.69) is 15.1 Å². The zero-order valence-electron chi connectivity index (χ0n) is 25.3. The first-order valence-corrected chi connectivity index (χ1v) is 18.0. The van der Waals surface area contributed by atoms with E-state index in [1.165, 1.54) is 11.3 Å². The summed E-state index contributed by atoms with van der Waals surface area (Å²) in [4.78, 5) is 13.6. The summed E-state index contributed by atoms with van der Waals surface area (Å²) in [5, 5.41) is 9.52. The Hall–Kier alpha value is -2.76. The quantitative estimate of drug-likeness (QED) is 0.0911. The zero-order chi connectivity index (χ0) is 34.8. The van der Waals surface area contributed by atoms with Crippen LogP contribution in [0.1, 0.15) is 28.4 Å². The lowest BCUT2D eigenvalue weighted by atomic mass is 10.1. The van der Waals surface area contributed by atoms with Crippen molar-refractivity contribution in [3.63, 3.8) is 0 Å². The molecule has 15 heteroatoms. The number of hydrogen-bond acceptors (Lipinski definition) is 6. The Morgan fingerprint density at radius 3 is 1.98 bits per heavy atom. The van der Waals surface area contributed by atoms with Gasteiger partial charge in [-0.15, -0.1) is 11.3 Å². The van der Waals surface area contributed by atoms with Gasteiger partial charge in [0, 0.05) is 72.2 Å². The van der Waals surface area contributed by atoms with Gasteiger partial charge in [-0.2, -0.15) is 0 Å². The molecule has 6 aromatic rings. The summed E-state index contributed by atoms with van der Waals surface area (Å²) < 4.78 is 10.7. The fraction of sp³-hybridized carbons (Fsp3) is 0.147. The first-order valence-electron chi connectivity index (χ1n) is 14.4. The van der Waals surface area contributed by atoms with Crippen molar-refractivity contribution in [3.8, 4) is 0 Å². The standard InChI is InChI=1S/C18H13Cl4N3O.C16H13Cl3N2OS/c19-13-2-1-12(16(21)7-13)10-26-24-18(9-25-6-5-23-11-25)15-4-3-14(20)8-17(15)22;17-12-1-2-13(14(18)7-12)15(8-21-5-4-20-10-21)22-9-11-3-6-23-16(11)19/h1-8,11H,9-10H2;1-7,10,15H,8-9H2/b24-18+;. The number of hydrogen-bond donors (Lipinski definition) is 0. The molecule has 0 N–H and O–H groups in total. The molecule has 3 aromatic carbocycles. The third-order valence-corrected chi connectivity index (χ3v) is 9.87. The van der Waals surface area contributed by atoms with Crippen LogP contribution >= 0.6 is 92.5 Å². The van der Waals surface area contributed by atoms with E-state index in [9.17, 15) is 0 Å². The number of oxime groups is 1. The van der Waals surface area contributed by atoms with Crippen LogP contribution < -0.4 is 0 Å². The summed E-state index contributed by atoms with van der Waals surface area (Å²) in [5.41, 5.74) is 4.00. The highest BCUT2D eigenvalue weighted by Gasteiger charge is 2.18. The van der Waals surface area contributed by atoms with Gasteiger partial charge in [-0.3, -0.25) is 0 Å². The highest BCUT2D eigenvalue weighted by molar-refractivity contribution is 7.14. The molecule has 0 aliphatic rings. The van der Waals surface area contributed by atoms with Gasteiger partial charge in [0.05, 0.1) is 41.7 Å². The van der Waals surface area contributed by atoms with Gasteiger partial charge in [-0.1, -0.05) is 98.5 Å².